The topological polar surface area (TPSA) is 47.3 Å². The van der Waals surface area contributed by atoms with Crippen LogP contribution in [-0.4, -0.2) is 19.8 Å². The summed E-state index contributed by atoms with van der Waals surface area (Å²) < 4.78 is 18.9. The summed E-state index contributed by atoms with van der Waals surface area (Å²) in [6.07, 6.45) is 0. The van der Waals surface area contributed by atoms with Gasteiger partial charge in [0.2, 0.25) is 0 Å². The Balaban J connectivity index is 2.57. The summed E-state index contributed by atoms with van der Waals surface area (Å²) in [5.41, 5.74) is 6.90. The summed E-state index contributed by atoms with van der Waals surface area (Å²) in [6.45, 7) is 3.82. The molecule has 0 saturated heterocycles. The molecule has 3 nitrogen and oxygen atoms in total. The van der Waals surface area contributed by atoms with E-state index in [9.17, 15) is 4.39 Å². The fourth-order valence-corrected chi connectivity index (χ4v) is 1.61. The van der Waals surface area contributed by atoms with E-state index in [0.717, 1.165) is 0 Å². The minimum atomic E-state index is -0.260. The van der Waals surface area contributed by atoms with E-state index in [0.29, 0.717) is 34.7 Å². The van der Waals surface area contributed by atoms with Gasteiger partial charge in [-0.1, -0.05) is 0 Å². The highest BCUT2D eigenvalue weighted by Crippen LogP contribution is 2.23. The molecule has 0 heterocycles. The van der Waals surface area contributed by atoms with E-state index in [1.165, 1.54) is 6.07 Å². The van der Waals surface area contributed by atoms with Gasteiger partial charge in [0, 0.05) is 19.2 Å². The summed E-state index contributed by atoms with van der Waals surface area (Å²) in [7, 11) is 0. The predicted molar refractivity (Wildman–Crippen MR) is 68.5 cm³/mol. The van der Waals surface area contributed by atoms with Crippen molar-refractivity contribution in [2.24, 2.45) is 0 Å². The molecule has 0 aliphatic heterocycles. The largest absolute Gasteiger partial charge is 0.397 e. The monoisotopic (exact) mass is 324 g/mol. The van der Waals surface area contributed by atoms with E-state index in [1.807, 2.05) is 29.5 Å². The van der Waals surface area contributed by atoms with Gasteiger partial charge in [0.1, 0.15) is 5.82 Å². The van der Waals surface area contributed by atoms with E-state index in [-0.39, 0.29) is 5.82 Å². The molecule has 0 spiro atoms. The van der Waals surface area contributed by atoms with Crippen LogP contribution >= 0.6 is 22.6 Å². The molecule has 84 valence electrons. The van der Waals surface area contributed by atoms with Crippen molar-refractivity contribution in [3.63, 3.8) is 0 Å². The number of benzene rings is 1. The quantitative estimate of drug-likeness (QED) is 0.497. The smallest absolute Gasteiger partial charge is 0.138 e. The standard InChI is InChI=1S/C10H14FIN2O/c1-2-15-4-3-14-10-5-7(11)8(12)6-9(10)13/h5-6,14H,2-4,13H2,1H3. The molecule has 0 radical (unpaired) electrons. The van der Waals surface area contributed by atoms with Crippen LogP contribution in [0.5, 0.6) is 0 Å². The number of halogens is 2. The van der Waals surface area contributed by atoms with E-state index >= 15 is 0 Å². The average molecular weight is 324 g/mol. The molecule has 0 aliphatic rings. The number of nitrogen functional groups attached to an aromatic ring is 1. The second kappa shape index (κ2) is 6.12. The Hall–Kier alpha value is -0.560. The van der Waals surface area contributed by atoms with Gasteiger partial charge in [-0.3, -0.25) is 0 Å². The molecule has 1 rings (SSSR count). The molecule has 1 aromatic rings. The zero-order chi connectivity index (χ0) is 11.3. The predicted octanol–water partition coefficient (Wildman–Crippen LogP) is 2.46. The second-order valence-corrected chi connectivity index (χ2v) is 4.14. The molecule has 0 saturated carbocycles. The Morgan fingerprint density at radius 3 is 2.93 bits per heavy atom. The van der Waals surface area contributed by atoms with E-state index in [2.05, 4.69) is 5.32 Å². The third-order valence-electron chi connectivity index (χ3n) is 1.86. The second-order valence-electron chi connectivity index (χ2n) is 2.98. The van der Waals surface area contributed by atoms with Crippen molar-refractivity contribution in [2.75, 3.05) is 30.8 Å². The highest BCUT2D eigenvalue weighted by molar-refractivity contribution is 14.1. The Morgan fingerprint density at radius 2 is 2.27 bits per heavy atom. The van der Waals surface area contributed by atoms with Crippen LogP contribution in [0.2, 0.25) is 0 Å². The fourth-order valence-electron chi connectivity index (χ4n) is 1.12. The zero-order valence-electron chi connectivity index (χ0n) is 8.52. The van der Waals surface area contributed by atoms with E-state index < -0.39 is 0 Å². The first kappa shape index (κ1) is 12.5. The zero-order valence-corrected chi connectivity index (χ0v) is 10.7. The summed E-state index contributed by atoms with van der Waals surface area (Å²) in [6, 6.07) is 3.02. The van der Waals surface area contributed by atoms with Gasteiger partial charge in [-0.05, 0) is 35.6 Å². The maximum absolute atomic E-state index is 13.2. The van der Waals surface area contributed by atoms with E-state index in [1.54, 1.807) is 6.07 Å². The van der Waals surface area contributed by atoms with Crippen molar-refractivity contribution in [1.29, 1.82) is 0 Å². The molecule has 0 unspecified atom stereocenters. The van der Waals surface area contributed by atoms with Crippen molar-refractivity contribution in [2.45, 2.75) is 6.92 Å². The molecule has 0 atom stereocenters. The lowest BCUT2D eigenvalue weighted by Gasteiger charge is -2.10. The van der Waals surface area contributed by atoms with Gasteiger partial charge >= 0.3 is 0 Å². The lowest BCUT2D eigenvalue weighted by atomic mass is 10.2. The van der Waals surface area contributed by atoms with Gasteiger partial charge < -0.3 is 15.8 Å². The summed E-state index contributed by atoms with van der Waals surface area (Å²) in [5, 5.41) is 3.02. The van der Waals surface area contributed by atoms with Crippen LogP contribution in [0, 0.1) is 9.39 Å². The van der Waals surface area contributed by atoms with Crippen LogP contribution in [0.15, 0.2) is 12.1 Å². The maximum Gasteiger partial charge on any atom is 0.138 e. The number of hydrogen-bond donors (Lipinski definition) is 2. The molecular formula is C10H14FIN2O. The lowest BCUT2D eigenvalue weighted by Crippen LogP contribution is -2.11. The number of rotatable bonds is 5. The van der Waals surface area contributed by atoms with Gasteiger partial charge in [0.05, 0.1) is 21.6 Å². The number of anilines is 2. The van der Waals surface area contributed by atoms with Crippen molar-refractivity contribution < 1.29 is 9.13 Å². The SMILES string of the molecule is CCOCCNc1cc(F)c(I)cc1N. The normalized spacial score (nSPS) is 10.3. The van der Waals surface area contributed by atoms with Crippen LogP contribution in [0.4, 0.5) is 15.8 Å². The van der Waals surface area contributed by atoms with Crippen LogP contribution in [0.25, 0.3) is 0 Å². The molecule has 0 bridgehead atoms. The highest BCUT2D eigenvalue weighted by Gasteiger charge is 2.04. The van der Waals surface area contributed by atoms with Gasteiger partial charge in [0.15, 0.2) is 0 Å². The number of hydrogen-bond acceptors (Lipinski definition) is 3. The van der Waals surface area contributed by atoms with Crippen LogP contribution in [0.3, 0.4) is 0 Å². The minimum absolute atomic E-state index is 0.260. The number of nitrogens with one attached hydrogen (secondary N) is 1. The van der Waals surface area contributed by atoms with Crippen molar-refractivity contribution in [1.82, 2.24) is 0 Å². The molecular weight excluding hydrogens is 310 g/mol. The highest BCUT2D eigenvalue weighted by atomic mass is 127. The van der Waals surface area contributed by atoms with Crippen molar-refractivity contribution in [3.8, 4) is 0 Å². The first-order chi connectivity index (χ1) is 7.15. The molecule has 0 aromatic heterocycles. The molecule has 0 fully saturated rings. The molecule has 0 aliphatic carbocycles. The number of ether oxygens (including phenoxy) is 1. The Bertz CT molecular complexity index is 333. The summed E-state index contributed by atoms with van der Waals surface area (Å²) in [4.78, 5) is 0. The number of nitrogens with two attached hydrogens (primary N) is 1. The molecule has 5 heteroatoms. The Kier molecular flexibility index (Phi) is 5.10. The first-order valence-corrected chi connectivity index (χ1v) is 5.79. The summed E-state index contributed by atoms with van der Waals surface area (Å²) in [5.74, 6) is -0.260. The fraction of sp³-hybridized carbons (Fsp3) is 0.400. The average Bonchev–Trinajstić information content (AvgIpc) is 2.20. The lowest BCUT2D eigenvalue weighted by molar-refractivity contribution is 0.158. The minimum Gasteiger partial charge on any atom is -0.397 e. The third-order valence-corrected chi connectivity index (χ3v) is 2.69. The Labute approximate surface area is 102 Å². The third kappa shape index (κ3) is 3.83. The van der Waals surface area contributed by atoms with Crippen molar-refractivity contribution in [3.05, 3.63) is 21.5 Å². The maximum atomic E-state index is 13.2. The van der Waals surface area contributed by atoms with Gasteiger partial charge in [-0.2, -0.15) is 0 Å². The van der Waals surface area contributed by atoms with Crippen LogP contribution in [-0.2, 0) is 4.74 Å². The summed E-state index contributed by atoms with van der Waals surface area (Å²) >= 11 is 1.91. The van der Waals surface area contributed by atoms with Gasteiger partial charge in [-0.15, -0.1) is 0 Å². The molecule has 15 heavy (non-hydrogen) atoms. The Morgan fingerprint density at radius 1 is 1.53 bits per heavy atom. The van der Waals surface area contributed by atoms with Crippen LogP contribution in [0.1, 0.15) is 6.92 Å². The van der Waals surface area contributed by atoms with Crippen molar-refractivity contribution >= 4 is 34.0 Å². The van der Waals surface area contributed by atoms with Gasteiger partial charge in [-0.25, -0.2) is 4.39 Å². The first-order valence-electron chi connectivity index (χ1n) is 4.71. The molecule has 0 amide bonds. The van der Waals surface area contributed by atoms with E-state index in [4.69, 9.17) is 10.5 Å². The van der Waals surface area contributed by atoms with Crippen LogP contribution < -0.4 is 11.1 Å². The molecule has 1 aromatic carbocycles. The molecule has 3 N–H and O–H groups in total. The van der Waals surface area contributed by atoms with Gasteiger partial charge in [0.25, 0.3) is 0 Å².